The number of aliphatic hydroxyl groups is 1. The first-order valence-corrected chi connectivity index (χ1v) is 13.2. The number of aromatic carboxylic acids is 1. The van der Waals surface area contributed by atoms with Gasteiger partial charge >= 0.3 is 5.13 Å². The van der Waals surface area contributed by atoms with E-state index in [4.69, 9.17) is 4.74 Å². The predicted octanol–water partition coefficient (Wildman–Crippen LogP) is 1.53. The molecule has 0 spiro atoms. The highest BCUT2D eigenvalue weighted by Crippen LogP contribution is 2.28. The summed E-state index contributed by atoms with van der Waals surface area (Å²) in [7, 11) is -3.22. The zero-order valence-electron chi connectivity index (χ0n) is 19.9. The Morgan fingerprint density at radius 1 is 1.15 bits per heavy atom. The first kappa shape index (κ1) is 27.8. The number of hydrogen-bond acceptors (Lipinski definition) is 11. The van der Waals surface area contributed by atoms with Crippen molar-refractivity contribution in [2.24, 2.45) is 0 Å². The van der Waals surface area contributed by atoms with Crippen LogP contribution < -0.4 is 14.6 Å². The highest BCUT2D eigenvalue weighted by molar-refractivity contribution is 7.85. The number of nitrogens with zero attached hydrogens (tertiary/aromatic N) is 5. The number of hydrogen-bond donors (Lipinski definition) is 1. The number of aryl methyl sites for hydroxylation is 1. The van der Waals surface area contributed by atoms with Crippen LogP contribution in [0.5, 0.6) is 5.75 Å². The number of rotatable bonds is 7. The van der Waals surface area contributed by atoms with E-state index in [1.807, 2.05) is 0 Å². The standard InChI is InChI=1S/C24H19N5O7S2.CH4/c1-13-7-16(9-18(8-13)38(33,34)35)22-26-28(20-10-14(23(31)32)3-4-15(20)12-30)29(27-22)24-25-19-6-5-17(36-2)11-21(19)37-24;/h3-11,30H,12H2,1-2H3,(H-,31,32,33,34,35);1H4/p-1. The largest absolute Gasteiger partial charge is 0.744 e. The lowest BCUT2D eigenvalue weighted by Gasteiger charge is -2.09. The quantitative estimate of drug-likeness (QED) is 0.224. The third kappa shape index (κ3) is 5.35. The fourth-order valence-electron chi connectivity index (χ4n) is 3.82. The summed E-state index contributed by atoms with van der Waals surface area (Å²) in [6, 6.07) is 13.3. The van der Waals surface area contributed by atoms with Crippen LogP contribution in [0.2, 0.25) is 0 Å². The Kier molecular flexibility index (Phi) is 7.48. The van der Waals surface area contributed by atoms with Gasteiger partial charge in [0.15, 0.2) is 5.52 Å². The summed E-state index contributed by atoms with van der Waals surface area (Å²) in [5, 5.41) is 30.9. The van der Waals surface area contributed by atoms with Crippen LogP contribution in [0.1, 0.15) is 28.9 Å². The van der Waals surface area contributed by atoms with E-state index in [-0.39, 0.29) is 30.1 Å². The lowest BCUT2D eigenvalue weighted by Crippen LogP contribution is -2.43. The molecule has 5 aromatic rings. The van der Waals surface area contributed by atoms with Crippen LogP contribution in [0.25, 0.3) is 32.4 Å². The minimum atomic E-state index is -4.76. The third-order valence-electron chi connectivity index (χ3n) is 5.62. The van der Waals surface area contributed by atoms with E-state index < -0.39 is 27.6 Å². The molecule has 0 amide bonds. The maximum atomic E-state index is 11.7. The number of carbonyl (C=O) groups excluding carboxylic acids is 1. The molecule has 2 heterocycles. The van der Waals surface area contributed by atoms with Gasteiger partial charge in [-0.15, -0.1) is 0 Å². The van der Waals surface area contributed by atoms with Gasteiger partial charge in [-0.1, -0.05) is 35.9 Å². The van der Waals surface area contributed by atoms with Gasteiger partial charge in [-0.25, -0.2) is 8.42 Å². The van der Waals surface area contributed by atoms with E-state index in [2.05, 4.69) is 15.2 Å². The van der Waals surface area contributed by atoms with Crippen molar-refractivity contribution in [3.05, 3.63) is 71.3 Å². The predicted molar refractivity (Wildman–Crippen MR) is 138 cm³/mol. The Balaban J connectivity index is 0.00000353. The molecule has 0 aliphatic heterocycles. The van der Waals surface area contributed by atoms with Crippen molar-refractivity contribution in [2.75, 3.05) is 7.11 Å². The van der Waals surface area contributed by atoms with Gasteiger partial charge in [0, 0.05) is 22.3 Å². The molecule has 0 radical (unpaired) electrons. The molecule has 0 fully saturated rings. The van der Waals surface area contributed by atoms with Crippen molar-refractivity contribution < 1.29 is 37.5 Å². The molecule has 1 N–H and O–H groups in total. The lowest BCUT2D eigenvalue weighted by atomic mass is 10.1. The second kappa shape index (κ2) is 10.5. The maximum Gasteiger partial charge on any atom is 0.365 e. The van der Waals surface area contributed by atoms with Crippen molar-refractivity contribution >= 4 is 37.6 Å². The van der Waals surface area contributed by atoms with Gasteiger partial charge in [0.05, 0.1) is 29.3 Å². The van der Waals surface area contributed by atoms with Crippen molar-refractivity contribution in [1.82, 2.24) is 20.0 Å². The molecule has 5 rings (SSSR count). The molecule has 0 aliphatic carbocycles. The number of carboxylic acids is 1. The summed E-state index contributed by atoms with van der Waals surface area (Å²) in [4.78, 5) is 18.3. The van der Waals surface area contributed by atoms with Gasteiger partial charge in [0.2, 0.25) is 0 Å². The number of thiazole rings is 1. The fourth-order valence-corrected chi connectivity index (χ4v) is 5.35. The average Bonchev–Trinajstić information content (AvgIpc) is 3.51. The number of tetrazole rings is 1. The summed E-state index contributed by atoms with van der Waals surface area (Å²) in [6.45, 7) is 1.18. The summed E-state index contributed by atoms with van der Waals surface area (Å²) in [6.07, 6.45) is 0. The van der Waals surface area contributed by atoms with Crippen LogP contribution in [-0.2, 0) is 16.7 Å². The van der Waals surface area contributed by atoms with Crippen molar-refractivity contribution in [3.63, 3.8) is 0 Å². The van der Waals surface area contributed by atoms with Crippen molar-refractivity contribution in [3.8, 4) is 28.0 Å². The Morgan fingerprint density at radius 3 is 2.59 bits per heavy atom. The summed E-state index contributed by atoms with van der Waals surface area (Å²) in [5.74, 6) is -0.785. The number of carboxylic acid groups (broad SMARTS) is 1. The minimum absolute atomic E-state index is 0. The van der Waals surface area contributed by atoms with Crippen LogP contribution in [0, 0.1) is 6.92 Å². The molecule has 2 aromatic heterocycles. The molecule has 12 nitrogen and oxygen atoms in total. The van der Waals surface area contributed by atoms with Crippen LogP contribution in [-0.4, -0.2) is 51.1 Å². The molecular weight excluding hydrogens is 546 g/mol. The Hall–Kier alpha value is -4.24. The van der Waals surface area contributed by atoms with Crippen LogP contribution in [0.3, 0.4) is 0 Å². The first-order valence-electron chi connectivity index (χ1n) is 11.0. The van der Waals surface area contributed by atoms with Crippen LogP contribution in [0.15, 0.2) is 59.5 Å². The summed E-state index contributed by atoms with van der Waals surface area (Å²) in [5.41, 5.74) is 1.70. The first-order chi connectivity index (χ1) is 18.1. The zero-order valence-corrected chi connectivity index (χ0v) is 21.5. The number of methoxy groups -OCH3 is 1. The van der Waals surface area contributed by atoms with Crippen molar-refractivity contribution in [2.45, 2.75) is 25.9 Å². The van der Waals surface area contributed by atoms with Gasteiger partial charge in [-0.05, 0) is 69.1 Å². The zero-order chi connectivity index (χ0) is 27.2. The molecule has 202 valence electrons. The Morgan fingerprint density at radius 2 is 1.92 bits per heavy atom. The molecule has 0 saturated carbocycles. The normalized spacial score (nSPS) is 11.4. The molecule has 14 heteroatoms. The topological polar surface area (TPSA) is 174 Å². The second-order valence-corrected chi connectivity index (χ2v) is 10.6. The minimum Gasteiger partial charge on any atom is -0.744 e. The lowest BCUT2D eigenvalue weighted by molar-refractivity contribution is -0.734. The number of aliphatic hydroxyl groups excluding tert-OH is 1. The Bertz CT molecular complexity index is 1830. The third-order valence-corrected chi connectivity index (χ3v) is 7.42. The second-order valence-electron chi connectivity index (χ2n) is 8.21. The number of carbonyl (C=O) groups is 1. The Labute approximate surface area is 227 Å². The van der Waals surface area contributed by atoms with E-state index in [1.165, 1.54) is 45.2 Å². The van der Waals surface area contributed by atoms with E-state index >= 15 is 0 Å². The molecule has 3 aromatic carbocycles. The number of fused-ring (bicyclic) bond motifs is 1. The number of ether oxygens (including phenoxy) is 1. The highest BCUT2D eigenvalue weighted by atomic mass is 32.2. The molecule has 0 atom stereocenters. The number of benzene rings is 3. The van der Waals surface area contributed by atoms with E-state index in [0.717, 1.165) is 10.8 Å². The highest BCUT2D eigenvalue weighted by Gasteiger charge is 2.27. The van der Waals surface area contributed by atoms with Gasteiger partial charge in [0.25, 0.3) is 5.82 Å². The van der Waals surface area contributed by atoms with E-state index in [9.17, 15) is 28.0 Å². The smallest absolute Gasteiger partial charge is 0.365 e. The van der Waals surface area contributed by atoms with Crippen LogP contribution in [0.4, 0.5) is 0 Å². The van der Waals surface area contributed by atoms with Gasteiger partial charge < -0.3 is 24.3 Å². The average molecular weight is 569 g/mol. The van der Waals surface area contributed by atoms with Gasteiger partial charge in [-0.2, -0.15) is 0 Å². The molecule has 0 aliphatic rings. The van der Waals surface area contributed by atoms with Crippen LogP contribution >= 0.6 is 11.3 Å². The monoisotopic (exact) mass is 568 g/mol. The maximum absolute atomic E-state index is 11.7. The van der Waals surface area contributed by atoms with E-state index in [1.54, 1.807) is 38.3 Å². The summed E-state index contributed by atoms with van der Waals surface area (Å²) >= 11 is 1.24. The SMILES string of the molecule is C.COc1ccc2nc(-[n+]3nc(-c4cc(C)cc(S(=O)(=O)[O-])c4)nn3-c3cc(C(=O)[O-])ccc3CO)sc2c1. The van der Waals surface area contributed by atoms with Gasteiger partial charge in [0.1, 0.15) is 21.6 Å². The summed E-state index contributed by atoms with van der Waals surface area (Å²) < 4.78 is 41.2. The molecule has 0 unspecified atom stereocenters. The van der Waals surface area contributed by atoms with E-state index in [0.29, 0.717) is 27.5 Å². The number of aromatic nitrogens is 5. The molecule has 0 saturated heterocycles. The fraction of sp³-hybridized carbons (Fsp3) is 0.160. The molecular formula is C25H22N5O7S2-. The van der Waals surface area contributed by atoms with Gasteiger partial charge in [-0.3, -0.25) is 0 Å². The van der Waals surface area contributed by atoms with Crippen molar-refractivity contribution in [1.29, 1.82) is 0 Å². The molecule has 0 bridgehead atoms. The molecule has 39 heavy (non-hydrogen) atoms.